The number of carbonyl (C=O) groups is 2. The van der Waals surface area contributed by atoms with E-state index in [0.717, 1.165) is 32.2 Å². The van der Waals surface area contributed by atoms with Crippen LogP contribution in [0, 0.1) is 6.92 Å². The van der Waals surface area contributed by atoms with E-state index in [1.807, 2.05) is 37.3 Å². The van der Waals surface area contributed by atoms with E-state index in [-0.39, 0.29) is 11.8 Å². The Morgan fingerprint density at radius 1 is 1.36 bits per heavy atom. The normalized spacial score (nSPS) is 16.8. The molecule has 1 unspecified atom stereocenters. The maximum absolute atomic E-state index is 12.4. The number of benzene rings is 1. The maximum atomic E-state index is 12.4. The van der Waals surface area contributed by atoms with Gasteiger partial charge in [0, 0.05) is 23.9 Å². The minimum absolute atomic E-state index is 0.0763. The van der Waals surface area contributed by atoms with Gasteiger partial charge in [0.15, 0.2) is 0 Å². The van der Waals surface area contributed by atoms with Gasteiger partial charge in [0.2, 0.25) is 11.8 Å². The van der Waals surface area contributed by atoms with Gasteiger partial charge in [-0.05, 0) is 37.1 Å². The van der Waals surface area contributed by atoms with Gasteiger partial charge in [0.05, 0.1) is 0 Å². The predicted molar refractivity (Wildman–Crippen MR) is 97.4 cm³/mol. The quantitative estimate of drug-likeness (QED) is 0.759. The van der Waals surface area contributed by atoms with Gasteiger partial charge >= 0.3 is 0 Å². The van der Waals surface area contributed by atoms with Gasteiger partial charge in [0.1, 0.15) is 21.4 Å². The van der Waals surface area contributed by atoms with Crippen LogP contribution in [0.5, 0.6) is 0 Å². The zero-order valence-electron chi connectivity index (χ0n) is 13.6. The Labute approximate surface area is 148 Å². The number of thiazole rings is 1. The molecule has 1 aliphatic heterocycles. The van der Waals surface area contributed by atoms with Gasteiger partial charge in [-0.25, -0.2) is 9.97 Å². The molecule has 3 aromatic rings. The average Bonchev–Trinajstić information content (AvgIpc) is 3.23. The van der Waals surface area contributed by atoms with Crippen molar-refractivity contribution >= 4 is 39.2 Å². The van der Waals surface area contributed by atoms with Crippen molar-refractivity contribution in [3.8, 4) is 10.6 Å². The highest BCUT2D eigenvalue weighted by Gasteiger charge is 2.27. The molecule has 6 nitrogen and oxygen atoms in total. The summed E-state index contributed by atoms with van der Waals surface area (Å²) in [5, 5.41) is 6.47. The molecule has 0 radical (unpaired) electrons. The third-order valence-corrected chi connectivity index (χ3v) is 5.25. The van der Waals surface area contributed by atoms with E-state index >= 15 is 0 Å². The standard InChI is InChI=1S/C18H16N4O2S/c1-10-4-5-11(17-22-13-3-2-8-19-18(13)25-17)9-14(10)21-16(24)12-6-7-15(23)20-12/h2-5,8-9,12H,6-7H2,1H3,(H,20,23)(H,21,24). The molecular formula is C18H16N4O2S. The van der Waals surface area contributed by atoms with Crippen LogP contribution in [0.1, 0.15) is 18.4 Å². The number of hydrogen-bond donors (Lipinski definition) is 2. The lowest BCUT2D eigenvalue weighted by Crippen LogP contribution is -2.37. The number of fused-ring (bicyclic) bond motifs is 1. The summed E-state index contributed by atoms with van der Waals surface area (Å²) in [6.07, 6.45) is 2.68. The van der Waals surface area contributed by atoms with Crippen molar-refractivity contribution in [2.75, 3.05) is 5.32 Å². The molecule has 3 heterocycles. The molecule has 0 saturated carbocycles. The first-order valence-corrected chi connectivity index (χ1v) is 8.84. The van der Waals surface area contributed by atoms with E-state index < -0.39 is 6.04 Å². The van der Waals surface area contributed by atoms with E-state index in [2.05, 4.69) is 20.6 Å². The molecular weight excluding hydrogens is 336 g/mol. The second kappa shape index (κ2) is 6.25. The third-order valence-electron chi connectivity index (χ3n) is 4.22. The number of amides is 2. The predicted octanol–water partition coefficient (Wildman–Crippen LogP) is 2.88. The molecule has 4 rings (SSSR count). The van der Waals surface area contributed by atoms with Crippen LogP contribution < -0.4 is 10.6 Å². The SMILES string of the molecule is Cc1ccc(-c2nc3cccnc3s2)cc1NC(=O)C1CCC(=O)N1. The van der Waals surface area contributed by atoms with Gasteiger partial charge in [-0.15, -0.1) is 0 Å². The molecule has 1 aliphatic rings. The average molecular weight is 352 g/mol. The summed E-state index contributed by atoms with van der Waals surface area (Å²) in [5.41, 5.74) is 3.48. The Bertz CT molecular complexity index is 949. The first-order valence-electron chi connectivity index (χ1n) is 8.03. The molecule has 7 heteroatoms. The topological polar surface area (TPSA) is 84.0 Å². The number of hydrogen-bond acceptors (Lipinski definition) is 5. The molecule has 126 valence electrons. The second-order valence-electron chi connectivity index (χ2n) is 6.02. The van der Waals surface area contributed by atoms with Gasteiger partial charge < -0.3 is 10.6 Å². The smallest absolute Gasteiger partial charge is 0.246 e. The largest absolute Gasteiger partial charge is 0.344 e. The zero-order valence-corrected chi connectivity index (χ0v) is 14.4. The van der Waals surface area contributed by atoms with Crippen LogP contribution in [0.15, 0.2) is 36.5 Å². The van der Waals surface area contributed by atoms with E-state index in [4.69, 9.17) is 0 Å². The van der Waals surface area contributed by atoms with Gasteiger partial charge in [-0.2, -0.15) is 0 Å². The number of aromatic nitrogens is 2. The first kappa shape index (κ1) is 15.7. The highest BCUT2D eigenvalue weighted by Crippen LogP contribution is 2.31. The number of nitrogens with zero attached hydrogens (tertiary/aromatic N) is 2. The molecule has 25 heavy (non-hydrogen) atoms. The highest BCUT2D eigenvalue weighted by molar-refractivity contribution is 7.21. The lowest BCUT2D eigenvalue weighted by atomic mass is 10.1. The van der Waals surface area contributed by atoms with E-state index in [0.29, 0.717) is 12.8 Å². The fourth-order valence-electron chi connectivity index (χ4n) is 2.81. The van der Waals surface area contributed by atoms with Crippen molar-refractivity contribution in [3.05, 3.63) is 42.1 Å². The molecule has 1 atom stereocenters. The van der Waals surface area contributed by atoms with Gasteiger partial charge in [-0.3, -0.25) is 9.59 Å². The van der Waals surface area contributed by atoms with Crippen LogP contribution in [0.2, 0.25) is 0 Å². The molecule has 2 aromatic heterocycles. The Kier molecular flexibility index (Phi) is 3.93. The fraction of sp³-hybridized carbons (Fsp3) is 0.222. The maximum Gasteiger partial charge on any atom is 0.246 e. The van der Waals surface area contributed by atoms with Crippen LogP contribution in [0.4, 0.5) is 5.69 Å². The monoisotopic (exact) mass is 352 g/mol. The molecule has 0 aliphatic carbocycles. The Balaban J connectivity index is 1.62. The molecule has 0 spiro atoms. The van der Waals surface area contributed by atoms with Crippen molar-refractivity contribution in [1.82, 2.24) is 15.3 Å². The summed E-state index contributed by atoms with van der Waals surface area (Å²) in [4.78, 5) is 33.5. The number of carbonyl (C=O) groups excluding carboxylic acids is 2. The fourth-order valence-corrected chi connectivity index (χ4v) is 3.72. The Morgan fingerprint density at radius 2 is 2.24 bits per heavy atom. The summed E-state index contributed by atoms with van der Waals surface area (Å²) < 4.78 is 0. The number of nitrogens with one attached hydrogen (secondary N) is 2. The summed E-state index contributed by atoms with van der Waals surface area (Å²) >= 11 is 1.52. The minimum atomic E-state index is -0.456. The molecule has 2 N–H and O–H groups in total. The van der Waals surface area contributed by atoms with E-state index in [1.165, 1.54) is 11.3 Å². The van der Waals surface area contributed by atoms with Crippen LogP contribution in [-0.2, 0) is 9.59 Å². The molecule has 0 bridgehead atoms. The first-order chi connectivity index (χ1) is 12.1. The summed E-state index contributed by atoms with van der Waals surface area (Å²) in [7, 11) is 0. The summed E-state index contributed by atoms with van der Waals surface area (Å²) in [6, 6.07) is 9.20. The van der Waals surface area contributed by atoms with Crippen LogP contribution in [0.3, 0.4) is 0 Å². The molecule has 1 aromatic carbocycles. The van der Waals surface area contributed by atoms with Crippen LogP contribution in [-0.4, -0.2) is 27.8 Å². The third kappa shape index (κ3) is 3.10. The van der Waals surface area contributed by atoms with Crippen LogP contribution >= 0.6 is 11.3 Å². The molecule has 2 amide bonds. The van der Waals surface area contributed by atoms with Crippen molar-refractivity contribution < 1.29 is 9.59 Å². The van der Waals surface area contributed by atoms with E-state index in [9.17, 15) is 9.59 Å². The summed E-state index contributed by atoms with van der Waals surface area (Å²) in [5.74, 6) is -0.260. The van der Waals surface area contributed by atoms with Crippen molar-refractivity contribution in [2.24, 2.45) is 0 Å². The number of aryl methyl sites for hydroxylation is 1. The lowest BCUT2D eigenvalue weighted by Gasteiger charge is -2.13. The molecule has 1 saturated heterocycles. The van der Waals surface area contributed by atoms with Gasteiger partial charge in [-0.1, -0.05) is 23.5 Å². The van der Waals surface area contributed by atoms with Crippen molar-refractivity contribution in [1.29, 1.82) is 0 Å². The Hall–Kier alpha value is -2.80. The summed E-state index contributed by atoms with van der Waals surface area (Å²) in [6.45, 7) is 1.94. The second-order valence-corrected chi connectivity index (χ2v) is 7.00. The highest BCUT2D eigenvalue weighted by atomic mass is 32.1. The van der Waals surface area contributed by atoms with E-state index in [1.54, 1.807) is 6.20 Å². The Morgan fingerprint density at radius 3 is 3.00 bits per heavy atom. The van der Waals surface area contributed by atoms with Crippen LogP contribution in [0.25, 0.3) is 20.9 Å². The lowest BCUT2D eigenvalue weighted by molar-refractivity contribution is -0.122. The zero-order chi connectivity index (χ0) is 17.4. The van der Waals surface area contributed by atoms with Gasteiger partial charge in [0.25, 0.3) is 0 Å². The van der Waals surface area contributed by atoms with Crippen molar-refractivity contribution in [3.63, 3.8) is 0 Å². The molecule has 1 fully saturated rings. The number of rotatable bonds is 3. The number of anilines is 1. The number of pyridine rings is 1. The minimum Gasteiger partial charge on any atom is -0.344 e. The van der Waals surface area contributed by atoms with Crippen molar-refractivity contribution in [2.45, 2.75) is 25.8 Å².